The van der Waals surface area contributed by atoms with Crippen molar-refractivity contribution < 1.29 is 19.1 Å². The monoisotopic (exact) mass is 704 g/mol. The minimum absolute atomic E-state index is 0.248. The molecule has 0 amide bonds. The highest BCUT2D eigenvalue weighted by atomic mass is 79.9. The highest BCUT2D eigenvalue weighted by molar-refractivity contribution is 9.27. The summed E-state index contributed by atoms with van der Waals surface area (Å²) in [7, 11) is 0. The first kappa shape index (κ1) is 28.3. The van der Waals surface area contributed by atoms with Crippen molar-refractivity contribution in [2.75, 3.05) is 24.7 Å². The molecule has 0 bridgehead atoms. The molecule has 0 heterocycles. The second-order valence-corrected chi connectivity index (χ2v) is 12.4. The van der Waals surface area contributed by atoms with Crippen molar-refractivity contribution in [2.24, 2.45) is 0 Å². The molecule has 0 aliphatic heterocycles. The van der Waals surface area contributed by atoms with E-state index in [9.17, 15) is 9.59 Å². The van der Waals surface area contributed by atoms with Gasteiger partial charge in [0.05, 0.1) is 0 Å². The van der Waals surface area contributed by atoms with Crippen molar-refractivity contribution in [3.05, 3.63) is 55.0 Å². The molecule has 0 spiro atoms. The van der Waals surface area contributed by atoms with Crippen LogP contribution in [0.4, 0.5) is 0 Å². The lowest BCUT2D eigenvalue weighted by Crippen LogP contribution is -2.09. The molecule has 0 saturated carbocycles. The lowest BCUT2D eigenvalue weighted by atomic mass is 10.1. The third kappa shape index (κ3) is 8.31. The van der Waals surface area contributed by atoms with Crippen LogP contribution in [-0.2, 0) is 19.1 Å². The maximum absolute atomic E-state index is 11.6. The summed E-state index contributed by atoms with van der Waals surface area (Å²) in [5.41, 5.74) is 2.42. The van der Waals surface area contributed by atoms with E-state index in [2.05, 4.69) is 83.8 Å². The topological polar surface area (TPSA) is 52.6 Å². The molecule has 0 fully saturated rings. The molecule has 0 atom stereocenters. The van der Waals surface area contributed by atoms with E-state index >= 15 is 0 Å². The molecule has 1 aromatic carbocycles. The maximum atomic E-state index is 11.6. The van der Waals surface area contributed by atoms with Gasteiger partial charge in [-0.2, -0.15) is 0 Å². The van der Waals surface area contributed by atoms with Gasteiger partial charge in [-0.25, -0.2) is 9.59 Å². The molecule has 1 rings (SSSR count). The molecule has 2 radical (unpaired) electrons. The van der Waals surface area contributed by atoms with E-state index in [4.69, 9.17) is 9.47 Å². The molecular formula is C20H20Br4O4S2. The molecule has 10 heteroatoms. The Labute approximate surface area is 219 Å². The summed E-state index contributed by atoms with van der Waals surface area (Å²) < 4.78 is 12.8. The number of carbonyl (C=O) groups excluding carboxylic acids is 2. The number of ether oxygens (including phenoxy) is 2. The number of halogens is 4. The molecule has 4 nitrogen and oxygen atoms in total. The molecule has 1 aromatic rings. The Balaban J connectivity index is 3.03. The van der Waals surface area contributed by atoms with Crippen LogP contribution in [0, 0.1) is 10.7 Å². The molecule has 0 aliphatic carbocycles. The van der Waals surface area contributed by atoms with Crippen LogP contribution < -0.4 is 0 Å². The van der Waals surface area contributed by atoms with E-state index in [1.165, 1.54) is 23.5 Å². The molecule has 0 aromatic heterocycles. The minimum atomic E-state index is -0.409. The average molecular weight is 708 g/mol. The van der Waals surface area contributed by atoms with E-state index in [1.807, 2.05) is 0 Å². The van der Waals surface area contributed by atoms with E-state index in [0.717, 1.165) is 33.6 Å². The van der Waals surface area contributed by atoms with Crippen LogP contribution in [0.2, 0.25) is 0 Å². The van der Waals surface area contributed by atoms with Crippen LogP contribution in [0.15, 0.2) is 43.0 Å². The van der Waals surface area contributed by atoms with Gasteiger partial charge in [0.25, 0.3) is 0 Å². The zero-order valence-electron chi connectivity index (χ0n) is 16.4. The van der Waals surface area contributed by atoms with E-state index in [1.54, 1.807) is 13.8 Å². The van der Waals surface area contributed by atoms with Gasteiger partial charge >= 0.3 is 11.9 Å². The normalized spacial score (nSPS) is 10.8. The van der Waals surface area contributed by atoms with Gasteiger partial charge in [0, 0.05) is 47.0 Å². The van der Waals surface area contributed by atoms with Gasteiger partial charge in [0.1, 0.15) is 17.0 Å². The van der Waals surface area contributed by atoms with E-state index in [-0.39, 0.29) is 13.2 Å². The Morgan fingerprint density at radius 1 is 0.867 bits per heavy atom. The zero-order chi connectivity index (χ0) is 23.0. The molecule has 0 N–H and O–H groups in total. The van der Waals surface area contributed by atoms with Gasteiger partial charge in [0.2, 0.25) is 0 Å². The predicted molar refractivity (Wildman–Crippen MR) is 139 cm³/mol. The summed E-state index contributed by atoms with van der Waals surface area (Å²) in [6.45, 7) is 15.1. The second kappa shape index (κ2) is 13.7. The number of benzene rings is 1. The third-order valence-electron chi connectivity index (χ3n) is 3.41. The van der Waals surface area contributed by atoms with Crippen LogP contribution >= 0.6 is 87.2 Å². The number of carbonyl (C=O) groups is 2. The highest BCUT2D eigenvalue weighted by Crippen LogP contribution is 2.49. The maximum Gasteiger partial charge on any atom is 0.333 e. The first-order valence-corrected chi connectivity index (χ1v) is 13.6. The van der Waals surface area contributed by atoms with Crippen LogP contribution in [0.25, 0.3) is 0 Å². The van der Waals surface area contributed by atoms with Crippen molar-refractivity contribution in [1.29, 1.82) is 0 Å². The van der Waals surface area contributed by atoms with Crippen molar-refractivity contribution in [1.82, 2.24) is 0 Å². The Bertz CT molecular complexity index is 841. The molecular weight excluding hydrogens is 688 g/mol. The molecule has 0 saturated heterocycles. The number of hydrogen-bond donors (Lipinski definition) is 0. The molecule has 0 aliphatic rings. The summed E-state index contributed by atoms with van der Waals surface area (Å²) in [5, 5.41) is 0. The quantitative estimate of drug-likeness (QED) is 0.103. The third-order valence-corrected chi connectivity index (χ3v) is 8.89. The zero-order valence-corrected chi connectivity index (χ0v) is 24.4. The van der Waals surface area contributed by atoms with Crippen LogP contribution in [0.5, 0.6) is 0 Å². The lowest BCUT2D eigenvalue weighted by Gasteiger charge is -2.20. The van der Waals surface area contributed by atoms with Crippen LogP contribution in [0.3, 0.4) is 0 Å². The molecule has 164 valence electrons. The number of thioether (sulfide) groups is 2. The standard InChI is InChI=1S/C20H20Br4O4S2/c1-10(2)19(25)27-6-8-29-16-12(5)13(18(23)24)14(21)15(22)17(16)30-9-7-28-20(26)11(3)4/h1,3,5-9H2,2,4H3. The Morgan fingerprint density at radius 3 is 1.70 bits per heavy atom. The predicted octanol–water partition coefficient (Wildman–Crippen LogP) is 7.44. The fraction of sp³-hybridized carbons (Fsp3) is 0.300. The molecule has 30 heavy (non-hydrogen) atoms. The van der Waals surface area contributed by atoms with Gasteiger partial charge in [-0.3, -0.25) is 0 Å². The Kier molecular flexibility index (Phi) is 12.9. The van der Waals surface area contributed by atoms with Gasteiger partial charge in [-0.1, -0.05) is 45.0 Å². The van der Waals surface area contributed by atoms with Crippen LogP contribution in [0.1, 0.15) is 25.0 Å². The smallest absolute Gasteiger partial charge is 0.333 e. The van der Waals surface area contributed by atoms with Gasteiger partial charge < -0.3 is 9.47 Å². The highest BCUT2D eigenvalue weighted by Gasteiger charge is 2.23. The van der Waals surface area contributed by atoms with E-state index in [0.29, 0.717) is 22.7 Å². The first-order valence-electron chi connectivity index (χ1n) is 8.45. The van der Waals surface area contributed by atoms with Crippen molar-refractivity contribution in [3.63, 3.8) is 0 Å². The first-order chi connectivity index (χ1) is 14.0. The summed E-state index contributed by atoms with van der Waals surface area (Å²) in [6, 6.07) is 0. The summed E-state index contributed by atoms with van der Waals surface area (Å²) in [5.74, 6) is 0.289. The summed E-state index contributed by atoms with van der Waals surface area (Å²) in [4.78, 5) is 25.1. The van der Waals surface area contributed by atoms with Gasteiger partial charge in [-0.15, -0.1) is 23.5 Å². The largest absolute Gasteiger partial charge is 0.461 e. The number of rotatable bonds is 11. The second-order valence-electron chi connectivity index (χ2n) is 5.93. The Hall–Kier alpha value is 0.260. The average Bonchev–Trinajstić information content (AvgIpc) is 2.66. The summed E-state index contributed by atoms with van der Waals surface area (Å²) >= 11 is 17.3. The molecule has 0 unspecified atom stereocenters. The van der Waals surface area contributed by atoms with Gasteiger partial charge in [-0.05, 0) is 58.2 Å². The minimum Gasteiger partial charge on any atom is -0.461 e. The SMILES string of the molecule is [CH2]c1c(SCCOC(=O)C(=C)C)c(SCCOC(=O)C(=C)C)c(Br)c(Br)c1[C](Br)Br. The van der Waals surface area contributed by atoms with Crippen molar-refractivity contribution >= 4 is 99.2 Å². The number of esters is 2. The fourth-order valence-corrected chi connectivity index (χ4v) is 7.11. The number of hydrogen-bond acceptors (Lipinski definition) is 6. The van der Waals surface area contributed by atoms with Crippen molar-refractivity contribution in [2.45, 2.75) is 23.6 Å². The van der Waals surface area contributed by atoms with Crippen molar-refractivity contribution in [3.8, 4) is 0 Å². The fourth-order valence-electron chi connectivity index (χ4n) is 1.97. The Morgan fingerprint density at radius 2 is 1.30 bits per heavy atom. The lowest BCUT2D eigenvalue weighted by molar-refractivity contribution is -0.139. The van der Waals surface area contributed by atoms with Gasteiger partial charge in [0.15, 0.2) is 0 Å². The van der Waals surface area contributed by atoms with Crippen LogP contribution in [-0.4, -0.2) is 36.7 Å². The summed E-state index contributed by atoms with van der Waals surface area (Å²) in [6.07, 6.45) is 0. The van der Waals surface area contributed by atoms with E-state index < -0.39 is 11.9 Å².